The van der Waals surface area contributed by atoms with Gasteiger partial charge in [-0.1, -0.05) is 13.8 Å². The summed E-state index contributed by atoms with van der Waals surface area (Å²) in [6.45, 7) is 4.01. The first-order valence-corrected chi connectivity index (χ1v) is 7.78. The van der Waals surface area contributed by atoms with Gasteiger partial charge < -0.3 is 0 Å². The zero-order chi connectivity index (χ0) is 11.4. The third kappa shape index (κ3) is 4.17. The lowest BCUT2D eigenvalue weighted by Crippen LogP contribution is -2.15. The largest absolute Gasteiger partial charge is 0.292 e. The van der Waals surface area contributed by atoms with Crippen molar-refractivity contribution in [1.82, 2.24) is 0 Å². The maximum Gasteiger partial charge on any atom is 0.186 e. The molecule has 0 spiro atoms. The van der Waals surface area contributed by atoms with Gasteiger partial charge in [0.15, 0.2) is 5.78 Å². The van der Waals surface area contributed by atoms with Crippen molar-refractivity contribution in [3.8, 4) is 0 Å². The van der Waals surface area contributed by atoms with Gasteiger partial charge in [-0.3, -0.25) is 9.00 Å². The molecule has 0 aliphatic carbocycles. The number of carbonyl (C=O) groups excluding carboxylic acids is 1. The Bertz CT molecular complexity index is 371. The lowest BCUT2D eigenvalue weighted by molar-refractivity contribution is 0.102. The van der Waals surface area contributed by atoms with E-state index in [4.69, 9.17) is 0 Å². The second kappa shape index (κ2) is 5.92. The zero-order valence-electron chi connectivity index (χ0n) is 8.66. The number of Topliss-reactive ketones (excluding diaryl/α,β-unsaturated/α-hetero) is 1. The summed E-state index contributed by atoms with van der Waals surface area (Å²) in [7, 11) is -1.04. The fourth-order valence-corrected chi connectivity index (χ4v) is 4.06. The van der Waals surface area contributed by atoms with Crippen molar-refractivity contribution >= 4 is 43.8 Å². The highest BCUT2D eigenvalue weighted by Gasteiger charge is 2.15. The molecule has 1 rings (SSSR count). The van der Waals surface area contributed by atoms with E-state index >= 15 is 0 Å². The second-order valence-electron chi connectivity index (χ2n) is 3.67. The highest BCUT2D eigenvalue weighted by molar-refractivity contribution is 9.10. The van der Waals surface area contributed by atoms with Crippen molar-refractivity contribution < 1.29 is 9.00 Å². The van der Waals surface area contributed by atoms with Crippen LogP contribution in [0, 0.1) is 5.92 Å². The van der Waals surface area contributed by atoms with E-state index in [0.717, 1.165) is 4.47 Å². The van der Waals surface area contributed by atoms with E-state index < -0.39 is 10.8 Å². The summed E-state index contributed by atoms with van der Waals surface area (Å²) in [5.41, 5.74) is 0. The quantitative estimate of drug-likeness (QED) is 0.783. The molecule has 0 aromatic carbocycles. The molecule has 84 valence electrons. The smallest absolute Gasteiger partial charge is 0.186 e. The summed E-state index contributed by atoms with van der Waals surface area (Å²) in [4.78, 5) is 12.4. The fraction of sp³-hybridized carbons (Fsp3) is 0.500. The molecule has 0 saturated carbocycles. The molecule has 0 amide bonds. The van der Waals surface area contributed by atoms with Gasteiger partial charge in [-0.25, -0.2) is 0 Å². The Hall–Kier alpha value is -0.000000000000000111. The van der Waals surface area contributed by atoms with Crippen LogP contribution in [0.25, 0.3) is 0 Å². The van der Waals surface area contributed by atoms with Crippen molar-refractivity contribution in [2.45, 2.75) is 13.8 Å². The van der Waals surface area contributed by atoms with E-state index in [1.807, 2.05) is 25.3 Å². The van der Waals surface area contributed by atoms with Gasteiger partial charge in [-0.05, 0) is 33.3 Å². The molecule has 0 bridgehead atoms. The highest BCUT2D eigenvalue weighted by atomic mass is 79.9. The molecule has 1 aromatic heterocycles. The number of halogens is 1. The molecule has 2 nitrogen and oxygen atoms in total. The molecule has 0 fully saturated rings. The average molecular weight is 309 g/mol. The van der Waals surface area contributed by atoms with Gasteiger partial charge in [0.2, 0.25) is 0 Å². The molecule has 1 heterocycles. The first kappa shape index (κ1) is 13.1. The van der Waals surface area contributed by atoms with Gasteiger partial charge >= 0.3 is 0 Å². The number of hydrogen-bond donors (Lipinski definition) is 0. The van der Waals surface area contributed by atoms with Crippen molar-refractivity contribution in [2.75, 3.05) is 11.5 Å². The molecule has 0 radical (unpaired) electrons. The number of rotatable bonds is 5. The molecule has 15 heavy (non-hydrogen) atoms. The number of thiophene rings is 1. The topological polar surface area (TPSA) is 34.1 Å². The van der Waals surface area contributed by atoms with Crippen molar-refractivity contribution in [2.24, 2.45) is 5.92 Å². The predicted octanol–water partition coefficient (Wildman–Crippen LogP) is 3.10. The summed E-state index contributed by atoms with van der Waals surface area (Å²) in [6.07, 6.45) is 0. The average Bonchev–Trinajstić information content (AvgIpc) is 2.49. The third-order valence-corrected chi connectivity index (χ3v) is 5.18. The first-order valence-electron chi connectivity index (χ1n) is 4.62. The van der Waals surface area contributed by atoms with E-state index in [1.165, 1.54) is 11.3 Å². The molecule has 5 heteroatoms. The van der Waals surface area contributed by atoms with Crippen LogP contribution in [0.4, 0.5) is 0 Å². The summed E-state index contributed by atoms with van der Waals surface area (Å²) in [6, 6.07) is 1.84. The lowest BCUT2D eigenvalue weighted by atomic mass is 10.3. The Morgan fingerprint density at radius 2 is 2.27 bits per heavy atom. The standard InChI is InChI=1S/C10H13BrO2S2/c1-7(2)5-15(13)6-9(12)10-8(11)3-4-14-10/h3-4,7H,5-6H2,1-2H3. The van der Waals surface area contributed by atoms with Crippen molar-refractivity contribution in [1.29, 1.82) is 0 Å². The monoisotopic (exact) mass is 308 g/mol. The molecular weight excluding hydrogens is 296 g/mol. The van der Waals surface area contributed by atoms with Crippen LogP contribution in [0.3, 0.4) is 0 Å². The first-order chi connectivity index (χ1) is 7.00. The minimum Gasteiger partial charge on any atom is -0.292 e. The van der Waals surface area contributed by atoms with Gasteiger partial charge in [-0.2, -0.15) is 0 Å². The van der Waals surface area contributed by atoms with Gasteiger partial charge in [0.1, 0.15) is 0 Å². The maximum absolute atomic E-state index is 11.7. The molecule has 1 aromatic rings. The maximum atomic E-state index is 11.7. The molecular formula is C10H13BrO2S2. The highest BCUT2D eigenvalue weighted by Crippen LogP contribution is 2.23. The second-order valence-corrected chi connectivity index (χ2v) is 6.94. The van der Waals surface area contributed by atoms with Crippen LogP contribution in [0.5, 0.6) is 0 Å². The lowest BCUT2D eigenvalue weighted by Gasteiger charge is -2.03. The van der Waals surface area contributed by atoms with Crippen LogP contribution in [0.15, 0.2) is 15.9 Å². The molecule has 1 atom stereocenters. The van der Waals surface area contributed by atoms with Crippen LogP contribution in [-0.4, -0.2) is 21.5 Å². The van der Waals surface area contributed by atoms with E-state index in [9.17, 15) is 9.00 Å². The third-order valence-electron chi connectivity index (χ3n) is 1.68. The Balaban J connectivity index is 2.57. The van der Waals surface area contributed by atoms with Gasteiger partial charge in [0.05, 0.1) is 10.6 Å². The van der Waals surface area contributed by atoms with E-state index in [1.54, 1.807) is 0 Å². The number of carbonyl (C=O) groups is 1. The number of ketones is 1. The van der Waals surface area contributed by atoms with Crippen LogP contribution >= 0.6 is 27.3 Å². The Morgan fingerprint density at radius 3 is 2.73 bits per heavy atom. The summed E-state index contributed by atoms with van der Waals surface area (Å²) in [5.74, 6) is 1.06. The van der Waals surface area contributed by atoms with Gasteiger partial charge in [-0.15, -0.1) is 11.3 Å². The SMILES string of the molecule is CC(C)CS(=O)CC(=O)c1sccc1Br. The molecule has 0 saturated heterocycles. The molecule has 1 unspecified atom stereocenters. The minimum absolute atomic E-state index is 0.0316. The van der Waals surface area contributed by atoms with Crippen LogP contribution < -0.4 is 0 Å². The fourth-order valence-electron chi connectivity index (χ4n) is 1.14. The Kier molecular flexibility index (Phi) is 5.15. The zero-order valence-corrected chi connectivity index (χ0v) is 11.9. The van der Waals surface area contributed by atoms with Crippen LogP contribution in [0.2, 0.25) is 0 Å². The minimum atomic E-state index is -1.04. The van der Waals surface area contributed by atoms with E-state index in [2.05, 4.69) is 15.9 Å². The molecule has 0 aliphatic rings. The summed E-state index contributed by atoms with van der Waals surface area (Å²) < 4.78 is 12.4. The summed E-state index contributed by atoms with van der Waals surface area (Å²) >= 11 is 4.69. The Labute approximate surface area is 105 Å². The number of hydrogen-bond acceptors (Lipinski definition) is 3. The van der Waals surface area contributed by atoms with E-state index in [0.29, 0.717) is 16.5 Å². The predicted molar refractivity (Wildman–Crippen MR) is 69.1 cm³/mol. The van der Waals surface area contributed by atoms with Gasteiger partial charge in [0.25, 0.3) is 0 Å². The normalized spacial score (nSPS) is 13.1. The summed E-state index contributed by atoms with van der Waals surface area (Å²) in [5, 5.41) is 1.85. The molecule has 0 N–H and O–H groups in total. The van der Waals surface area contributed by atoms with E-state index in [-0.39, 0.29) is 11.5 Å². The van der Waals surface area contributed by atoms with Crippen LogP contribution in [-0.2, 0) is 10.8 Å². The van der Waals surface area contributed by atoms with Crippen LogP contribution in [0.1, 0.15) is 23.5 Å². The molecule has 0 aliphatic heterocycles. The van der Waals surface area contributed by atoms with Crippen molar-refractivity contribution in [3.05, 3.63) is 20.8 Å². The Morgan fingerprint density at radius 1 is 1.60 bits per heavy atom. The van der Waals surface area contributed by atoms with Crippen molar-refractivity contribution in [3.63, 3.8) is 0 Å². The van der Waals surface area contributed by atoms with Gasteiger partial charge in [0, 0.05) is 21.0 Å².